The van der Waals surface area contributed by atoms with E-state index in [1.54, 1.807) is 4.90 Å². The number of carbonyl (C=O) groups is 1. The molecule has 0 fully saturated rings. The summed E-state index contributed by atoms with van der Waals surface area (Å²) in [7, 11) is 0. The number of amides is 1. The van der Waals surface area contributed by atoms with Gasteiger partial charge in [0.25, 0.3) is 0 Å². The van der Waals surface area contributed by atoms with Gasteiger partial charge in [-0.15, -0.1) is 0 Å². The monoisotopic (exact) mass is 217 g/mol. The van der Waals surface area contributed by atoms with Gasteiger partial charge in [-0.05, 0) is 12.1 Å². The van der Waals surface area contributed by atoms with Crippen LogP contribution in [0.3, 0.4) is 0 Å². The average molecular weight is 217 g/mol. The summed E-state index contributed by atoms with van der Waals surface area (Å²) in [4.78, 5) is 13.3. The molecule has 84 valence electrons. The second-order valence-electron chi connectivity index (χ2n) is 4.19. The lowest BCUT2D eigenvalue weighted by Gasteiger charge is -2.32. The van der Waals surface area contributed by atoms with Crippen molar-refractivity contribution < 1.29 is 4.79 Å². The van der Waals surface area contributed by atoms with E-state index in [-0.39, 0.29) is 18.4 Å². The molecule has 16 heavy (non-hydrogen) atoms. The van der Waals surface area contributed by atoms with Gasteiger partial charge in [0.1, 0.15) is 12.4 Å². The van der Waals surface area contributed by atoms with Gasteiger partial charge in [0.05, 0.1) is 11.4 Å². The van der Waals surface area contributed by atoms with Crippen molar-refractivity contribution in [3.05, 3.63) is 24.3 Å². The van der Waals surface area contributed by atoms with E-state index in [4.69, 9.17) is 5.41 Å². The fourth-order valence-corrected chi connectivity index (χ4v) is 1.76. The van der Waals surface area contributed by atoms with Crippen molar-refractivity contribution in [3.8, 4) is 0 Å². The Hall–Kier alpha value is -1.84. The van der Waals surface area contributed by atoms with E-state index in [2.05, 4.69) is 5.32 Å². The minimum atomic E-state index is -0.0656. The molecule has 0 atom stereocenters. The number of hydrogen-bond acceptors (Lipinski definition) is 2. The molecule has 1 aliphatic rings. The second kappa shape index (κ2) is 3.96. The van der Waals surface area contributed by atoms with Crippen LogP contribution in [0.4, 0.5) is 11.4 Å². The van der Waals surface area contributed by atoms with Crippen LogP contribution >= 0.6 is 0 Å². The number of anilines is 2. The lowest BCUT2D eigenvalue weighted by molar-refractivity contribution is -0.115. The van der Waals surface area contributed by atoms with Gasteiger partial charge < -0.3 is 10.2 Å². The molecule has 0 bridgehead atoms. The SMILES string of the molecule is CC(C)C(=N)N1CC(=O)Nc2ccccc21. The number of fused-ring (bicyclic) bond motifs is 1. The minimum absolute atomic E-state index is 0.0656. The van der Waals surface area contributed by atoms with Gasteiger partial charge in [-0.1, -0.05) is 26.0 Å². The minimum Gasteiger partial charge on any atom is -0.323 e. The quantitative estimate of drug-likeness (QED) is 0.559. The third-order valence-electron chi connectivity index (χ3n) is 2.61. The van der Waals surface area contributed by atoms with Crippen molar-refractivity contribution in [2.45, 2.75) is 13.8 Å². The maximum Gasteiger partial charge on any atom is 0.244 e. The molecule has 1 heterocycles. The van der Waals surface area contributed by atoms with Crippen LogP contribution in [0.15, 0.2) is 24.3 Å². The van der Waals surface area contributed by atoms with Crippen molar-refractivity contribution in [2.75, 3.05) is 16.8 Å². The first-order valence-electron chi connectivity index (χ1n) is 5.34. The smallest absolute Gasteiger partial charge is 0.244 e. The Kier molecular flexibility index (Phi) is 2.64. The van der Waals surface area contributed by atoms with Crippen molar-refractivity contribution in [1.29, 1.82) is 5.41 Å². The summed E-state index contributed by atoms with van der Waals surface area (Å²) in [5.41, 5.74) is 1.69. The highest BCUT2D eigenvalue weighted by Crippen LogP contribution is 2.29. The fourth-order valence-electron chi connectivity index (χ4n) is 1.76. The van der Waals surface area contributed by atoms with E-state index in [0.29, 0.717) is 5.84 Å². The first-order valence-corrected chi connectivity index (χ1v) is 5.34. The summed E-state index contributed by atoms with van der Waals surface area (Å²) in [6, 6.07) is 7.57. The average Bonchev–Trinajstić information content (AvgIpc) is 2.26. The first kappa shape index (κ1) is 10.7. The molecule has 1 aromatic carbocycles. The number of hydrogen-bond donors (Lipinski definition) is 2. The van der Waals surface area contributed by atoms with Crippen molar-refractivity contribution in [1.82, 2.24) is 0 Å². The summed E-state index contributed by atoms with van der Waals surface area (Å²) >= 11 is 0. The lowest BCUT2D eigenvalue weighted by atomic mass is 10.1. The Morgan fingerprint density at radius 1 is 1.44 bits per heavy atom. The van der Waals surface area contributed by atoms with Crippen LogP contribution in [0.5, 0.6) is 0 Å². The summed E-state index contributed by atoms with van der Waals surface area (Å²) in [6.07, 6.45) is 0. The Morgan fingerprint density at radius 3 is 2.81 bits per heavy atom. The topological polar surface area (TPSA) is 56.2 Å². The summed E-state index contributed by atoms with van der Waals surface area (Å²) < 4.78 is 0. The molecule has 1 aliphatic heterocycles. The maximum atomic E-state index is 11.5. The summed E-state index contributed by atoms with van der Waals surface area (Å²) in [5, 5.41) is 10.8. The molecule has 0 saturated heterocycles. The Balaban J connectivity index is 2.41. The van der Waals surface area contributed by atoms with E-state index in [0.717, 1.165) is 11.4 Å². The van der Waals surface area contributed by atoms with E-state index in [9.17, 15) is 4.79 Å². The van der Waals surface area contributed by atoms with Gasteiger partial charge in [0.2, 0.25) is 5.91 Å². The number of amidine groups is 1. The molecular formula is C12H15N3O. The zero-order chi connectivity index (χ0) is 11.7. The molecule has 0 spiro atoms. The van der Waals surface area contributed by atoms with Crippen molar-refractivity contribution in [2.24, 2.45) is 5.92 Å². The van der Waals surface area contributed by atoms with Crippen LogP contribution in [0.2, 0.25) is 0 Å². The summed E-state index contributed by atoms with van der Waals surface area (Å²) in [5.74, 6) is 0.519. The van der Waals surface area contributed by atoms with Gasteiger partial charge in [-0.25, -0.2) is 0 Å². The molecule has 1 amide bonds. The van der Waals surface area contributed by atoms with E-state index in [1.807, 2.05) is 38.1 Å². The number of para-hydroxylation sites is 2. The normalized spacial score (nSPS) is 14.7. The molecule has 2 rings (SSSR count). The number of benzene rings is 1. The van der Waals surface area contributed by atoms with Crippen LogP contribution in [-0.4, -0.2) is 18.3 Å². The molecule has 4 nitrogen and oxygen atoms in total. The van der Waals surface area contributed by atoms with Gasteiger partial charge >= 0.3 is 0 Å². The van der Waals surface area contributed by atoms with Crippen molar-refractivity contribution >= 4 is 23.1 Å². The number of nitrogens with one attached hydrogen (secondary N) is 2. The fraction of sp³-hybridized carbons (Fsp3) is 0.333. The van der Waals surface area contributed by atoms with Gasteiger partial charge in [-0.2, -0.15) is 0 Å². The van der Waals surface area contributed by atoms with E-state index < -0.39 is 0 Å². The van der Waals surface area contributed by atoms with Crippen LogP contribution in [0.25, 0.3) is 0 Å². The molecule has 0 saturated carbocycles. The van der Waals surface area contributed by atoms with E-state index in [1.165, 1.54) is 0 Å². The molecule has 0 aromatic heterocycles. The predicted molar refractivity (Wildman–Crippen MR) is 65.0 cm³/mol. The standard InChI is InChI=1S/C12H15N3O/c1-8(2)12(13)15-7-11(16)14-9-5-3-4-6-10(9)15/h3-6,8,13H,7H2,1-2H3,(H,14,16). The maximum absolute atomic E-state index is 11.5. The molecule has 2 N–H and O–H groups in total. The number of rotatable bonds is 1. The zero-order valence-electron chi connectivity index (χ0n) is 9.45. The van der Waals surface area contributed by atoms with Gasteiger partial charge in [-0.3, -0.25) is 10.2 Å². The molecule has 0 aliphatic carbocycles. The molecule has 1 aromatic rings. The third kappa shape index (κ3) is 1.78. The van der Waals surface area contributed by atoms with Gasteiger partial charge in [0, 0.05) is 5.92 Å². The Bertz CT molecular complexity index is 440. The largest absolute Gasteiger partial charge is 0.323 e. The molecular weight excluding hydrogens is 202 g/mol. The summed E-state index contributed by atoms with van der Waals surface area (Å²) in [6.45, 7) is 4.14. The second-order valence-corrected chi connectivity index (χ2v) is 4.19. The highest BCUT2D eigenvalue weighted by Gasteiger charge is 2.25. The predicted octanol–water partition coefficient (Wildman–Crippen LogP) is 2.08. The number of carbonyl (C=O) groups excluding carboxylic acids is 1. The van der Waals surface area contributed by atoms with Gasteiger partial charge in [0.15, 0.2) is 0 Å². The number of nitrogens with zero attached hydrogens (tertiary/aromatic N) is 1. The van der Waals surface area contributed by atoms with Crippen LogP contribution in [0.1, 0.15) is 13.8 Å². The third-order valence-corrected chi connectivity index (χ3v) is 2.61. The Labute approximate surface area is 94.8 Å². The first-order chi connectivity index (χ1) is 7.59. The van der Waals surface area contributed by atoms with E-state index >= 15 is 0 Å². The van der Waals surface area contributed by atoms with Crippen LogP contribution < -0.4 is 10.2 Å². The zero-order valence-corrected chi connectivity index (χ0v) is 9.45. The highest BCUT2D eigenvalue weighted by atomic mass is 16.2. The highest BCUT2D eigenvalue weighted by molar-refractivity contribution is 6.11. The van der Waals surface area contributed by atoms with Crippen LogP contribution in [-0.2, 0) is 4.79 Å². The lowest BCUT2D eigenvalue weighted by Crippen LogP contribution is -2.43. The van der Waals surface area contributed by atoms with Crippen molar-refractivity contribution in [3.63, 3.8) is 0 Å². The molecule has 0 radical (unpaired) electrons. The molecule has 4 heteroatoms. The Morgan fingerprint density at radius 2 is 2.12 bits per heavy atom. The molecule has 0 unspecified atom stereocenters. The van der Waals surface area contributed by atoms with Crippen LogP contribution in [0, 0.1) is 11.3 Å².